The maximum absolute atomic E-state index is 12.4. The Balaban J connectivity index is 1.48. The molecule has 1 fully saturated rings. The highest BCUT2D eigenvalue weighted by atomic mass is 32.2. The standard InChI is InChI=1S/C25H22N2O3S/c1-17-8-11-20(12-9-17)26-25-27-24(28)23(31-25)15-19-10-13-21(22(14-19)29-2)30-16-18-6-4-3-5-7-18/h3-15H,16H2,1-2H3,(H,26,27,28). The van der Waals surface area contributed by atoms with Crippen LogP contribution in [0, 0.1) is 6.92 Å². The number of amides is 1. The Kier molecular flexibility index (Phi) is 6.38. The Hall–Kier alpha value is -3.51. The predicted octanol–water partition coefficient (Wildman–Crippen LogP) is 5.47. The highest BCUT2D eigenvalue weighted by Gasteiger charge is 2.24. The number of thioether (sulfide) groups is 1. The van der Waals surface area contributed by atoms with Crippen molar-refractivity contribution >= 4 is 34.6 Å². The van der Waals surface area contributed by atoms with Gasteiger partial charge in [-0.2, -0.15) is 0 Å². The lowest BCUT2D eigenvalue weighted by Gasteiger charge is -2.11. The van der Waals surface area contributed by atoms with Crippen molar-refractivity contribution in [3.05, 3.63) is 94.4 Å². The second-order valence-corrected chi connectivity index (χ2v) is 8.03. The van der Waals surface area contributed by atoms with Crippen LogP contribution in [0.1, 0.15) is 16.7 Å². The topological polar surface area (TPSA) is 59.9 Å². The van der Waals surface area contributed by atoms with Crippen molar-refractivity contribution in [2.24, 2.45) is 4.99 Å². The molecule has 0 aromatic heterocycles. The fourth-order valence-corrected chi connectivity index (χ4v) is 3.84. The molecule has 0 bridgehead atoms. The van der Waals surface area contributed by atoms with E-state index in [0.717, 1.165) is 22.4 Å². The van der Waals surface area contributed by atoms with Crippen LogP contribution in [0.15, 0.2) is 82.7 Å². The Morgan fingerprint density at radius 3 is 2.52 bits per heavy atom. The van der Waals surface area contributed by atoms with Crippen LogP contribution in [-0.4, -0.2) is 18.2 Å². The number of ether oxygens (including phenoxy) is 2. The highest BCUT2D eigenvalue weighted by Crippen LogP contribution is 2.32. The van der Waals surface area contributed by atoms with Gasteiger partial charge in [0, 0.05) is 0 Å². The van der Waals surface area contributed by atoms with E-state index in [1.165, 1.54) is 11.8 Å². The number of aryl methyl sites for hydroxylation is 1. The number of hydrogen-bond donors (Lipinski definition) is 1. The molecular formula is C25H22N2O3S. The number of benzene rings is 3. The molecule has 0 unspecified atom stereocenters. The van der Waals surface area contributed by atoms with E-state index in [2.05, 4.69) is 10.3 Å². The zero-order chi connectivity index (χ0) is 21.6. The molecule has 6 heteroatoms. The summed E-state index contributed by atoms with van der Waals surface area (Å²) >= 11 is 1.32. The van der Waals surface area contributed by atoms with Gasteiger partial charge in [-0.25, -0.2) is 4.99 Å². The number of nitrogens with one attached hydrogen (secondary N) is 1. The van der Waals surface area contributed by atoms with Crippen LogP contribution < -0.4 is 14.8 Å². The highest BCUT2D eigenvalue weighted by molar-refractivity contribution is 8.18. The molecule has 0 saturated carbocycles. The smallest absolute Gasteiger partial charge is 0.264 e. The van der Waals surface area contributed by atoms with Gasteiger partial charge in [0.25, 0.3) is 5.91 Å². The molecule has 1 saturated heterocycles. The van der Waals surface area contributed by atoms with Gasteiger partial charge in [-0.1, -0.05) is 54.1 Å². The van der Waals surface area contributed by atoms with Gasteiger partial charge in [-0.3, -0.25) is 4.79 Å². The Labute approximate surface area is 185 Å². The molecule has 0 spiro atoms. The molecule has 0 radical (unpaired) electrons. The van der Waals surface area contributed by atoms with Gasteiger partial charge in [0.2, 0.25) is 0 Å². The van der Waals surface area contributed by atoms with Gasteiger partial charge in [0.1, 0.15) is 6.61 Å². The first-order valence-corrected chi connectivity index (χ1v) is 10.6. The van der Waals surface area contributed by atoms with E-state index >= 15 is 0 Å². The summed E-state index contributed by atoms with van der Waals surface area (Å²) in [6.45, 7) is 2.48. The van der Waals surface area contributed by atoms with Crippen molar-refractivity contribution in [3.8, 4) is 11.5 Å². The average Bonchev–Trinajstić information content (AvgIpc) is 3.13. The fourth-order valence-electron chi connectivity index (χ4n) is 3.00. The molecule has 0 aliphatic carbocycles. The van der Waals surface area contributed by atoms with Crippen LogP contribution in [0.4, 0.5) is 5.69 Å². The SMILES string of the molecule is COc1cc(C=C2SC(=Nc3ccc(C)cc3)NC2=O)ccc1OCc1ccccc1. The van der Waals surface area contributed by atoms with Gasteiger partial charge >= 0.3 is 0 Å². The first-order chi connectivity index (χ1) is 15.1. The lowest BCUT2D eigenvalue weighted by Crippen LogP contribution is -2.19. The van der Waals surface area contributed by atoms with Crippen molar-refractivity contribution in [2.45, 2.75) is 13.5 Å². The number of carbonyl (C=O) groups is 1. The Morgan fingerprint density at radius 2 is 1.77 bits per heavy atom. The minimum Gasteiger partial charge on any atom is -0.493 e. The number of aliphatic imine (C=N–C) groups is 1. The first kappa shape index (κ1) is 20.8. The summed E-state index contributed by atoms with van der Waals surface area (Å²) in [5, 5.41) is 3.38. The number of rotatable bonds is 6. The molecule has 1 N–H and O–H groups in total. The third-order valence-corrected chi connectivity index (χ3v) is 5.55. The molecule has 1 aliphatic rings. The summed E-state index contributed by atoms with van der Waals surface area (Å²) in [6.07, 6.45) is 1.82. The zero-order valence-electron chi connectivity index (χ0n) is 17.3. The first-order valence-electron chi connectivity index (χ1n) is 9.82. The molecular weight excluding hydrogens is 408 g/mol. The molecule has 1 amide bonds. The average molecular weight is 431 g/mol. The molecule has 0 atom stereocenters. The fraction of sp³-hybridized carbons (Fsp3) is 0.120. The van der Waals surface area contributed by atoms with Crippen molar-refractivity contribution in [1.29, 1.82) is 0 Å². The molecule has 1 aliphatic heterocycles. The van der Waals surface area contributed by atoms with Crippen molar-refractivity contribution in [1.82, 2.24) is 5.32 Å². The van der Waals surface area contributed by atoms with Gasteiger partial charge in [0.15, 0.2) is 16.7 Å². The van der Waals surface area contributed by atoms with Crippen molar-refractivity contribution in [3.63, 3.8) is 0 Å². The van der Waals surface area contributed by atoms with E-state index in [4.69, 9.17) is 9.47 Å². The van der Waals surface area contributed by atoms with E-state index < -0.39 is 0 Å². The van der Waals surface area contributed by atoms with Gasteiger partial charge in [-0.15, -0.1) is 0 Å². The van der Waals surface area contributed by atoms with Crippen molar-refractivity contribution < 1.29 is 14.3 Å². The third kappa shape index (κ3) is 5.35. The van der Waals surface area contributed by atoms with Crippen LogP contribution in [0.3, 0.4) is 0 Å². The van der Waals surface area contributed by atoms with Crippen LogP contribution in [-0.2, 0) is 11.4 Å². The number of methoxy groups -OCH3 is 1. The molecule has 1 heterocycles. The normalized spacial score (nSPS) is 15.9. The minimum atomic E-state index is -0.167. The third-order valence-electron chi connectivity index (χ3n) is 4.64. The number of nitrogens with zero attached hydrogens (tertiary/aromatic N) is 1. The van der Waals surface area contributed by atoms with Crippen LogP contribution in [0.2, 0.25) is 0 Å². The summed E-state index contributed by atoms with van der Waals surface area (Å²) in [4.78, 5) is 17.5. The molecule has 5 nitrogen and oxygen atoms in total. The molecule has 156 valence electrons. The monoisotopic (exact) mass is 430 g/mol. The summed E-state index contributed by atoms with van der Waals surface area (Å²) < 4.78 is 11.4. The van der Waals surface area contributed by atoms with E-state index in [1.807, 2.05) is 85.8 Å². The molecule has 4 rings (SSSR count). The summed E-state index contributed by atoms with van der Waals surface area (Å²) in [5.41, 5.74) is 3.89. The maximum Gasteiger partial charge on any atom is 0.264 e. The maximum atomic E-state index is 12.4. The second-order valence-electron chi connectivity index (χ2n) is 7.00. The lowest BCUT2D eigenvalue weighted by atomic mass is 10.2. The quantitative estimate of drug-likeness (QED) is 0.527. The van der Waals surface area contributed by atoms with E-state index in [0.29, 0.717) is 28.2 Å². The second kappa shape index (κ2) is 9.53. The predicted molar refractivity (Wildman–Crippen MR) is 126 cm³/mol. The van der Waals surface area contributed by atoms with E-state index in [9.17, 15) is 4.79 Å². The summed E-state index contributed by atoms with van der Waals surface area (Å²) in [5.74, 6) is 1.10. The van der Waals surface area contributed by atoms with Gasteiger partial charge < -0.3 is 14.8 Å². The number of hydrogen-bond acceptors (Lipinski definition) is 5. The lowest BCUT2D eigenvalue weighted by molar-refractivity contribution is -0.115. The van der Waals surface area contributed by atoms with Crippen molar-refractivity contribution in [2.75, 3.05) is 7.11 Å². The van der Waals surface area contributed by atoms with Gasteiger partial charge in [0.05, 0.1) is 17.7 Å². The molecule has 3 aromatic carbocycles. The largest absolute Gasteiger partial charge is 0.493 e. The zero-order valence-corrected chi connectivity index (χ0v) is 18.1. The van der Waals surface area contributed by atoms with Crippen LogP contribution in [0.25, 0.3) is 6.08 Å². The summed E-state index contributed by atoms with van der Waals surface area (Å²) in [7, 11) is 1.60. The Bertz CT molecular complexity index is 1140. The number of carbonyl (C=O) groups excluding carboxylic acids is 1. The van der Waals surface area contributed by atoms with Crippen LogP contribution in [0.5, 0.6) is 11.5 Å². The Morgan fingerprint density at radius 1 is 1.00 bits per heavy atom. The minimum absolute atomic E-state index is 0.167. The molecule has 3 aromatic rings. The van der Waals surface area contributed by atoms with Gasteiger partial charge in [-0.05, 0) is 60.2 Å². The number of amidine groups is 1. The van der Waals surface area contributed by atoms with E-state index in [1.54, 1.807) is 7.11 Å². The van der Waals surface area contributed by atoms with Crippen LogP contribution >= 0.6 is 11.8 Å². The molecule has 31 heavy (non-hydrogen) atoms. The van der Waals surface area contributed by atoms with E-state index in [-0.39, 0.29) is 5.91 Å². The summed E-state index contributed by atoms with van der Waals surface area (Å²) in [6, 6.07) is 23.4.